The van der Waals surface area contributed by atoms with Crippen LogP contribution in [0.15, 0.2) is 30.5 Å². The Morgan fingerprint density at radius 3 is 2.29 bits per heavy atom. The van der Waals surface area contributed by atoms with E-state index in [4.69, 9.17) is 4.74 Å². The van der Waals surface area contributed by atoms with E-state index in [0.29, 0.717) is 23.3 Å². The molecule has 1 amide bonds. The van der Waals surface area contributed by atoms with E-state index in [0.717, 1.165) is 69.8 Å². The summed E-state index contributed by atoms with van der Waals surface area (Å²) >= 11 is 0. The first-order valence-corrected chi connectivity index (χ1v) is 19.7. The number of nitrogens with zero attached hydrogens (tertiary/aromatic N) is 1. The van der Waals surface area contributed by atoms with Gasteiger partial charge in [0.2, 0.25) is 5.91 Å². The summed E-state index contributed by atoms with van der Waals surface area (Å²) in [4.78, 5) is 55.2. The highest BCUT2D eigenvalue weighted by Crippen LogP contribution is 2.77. The second-order valence-corrected chi connectivity index (χ2v) is 19.5. The minimum absolute atomic E-state index is 0.0212. The zero-order chi connectivity index (χ0) is 38.2. The lowest BCUT2D eigenvalue weighted by molar-refractivity contribution is -0.249. The molecule has 0 spiro atoms. The molecule has 5 saturated carbocycles. The summed E-state index contributed by atoms with van der Waals surface area (Å²) < 4.78 is 6.15. The van der Waals surface area contributed by atoms with Gasteiger partial charge in [0, 0.05) is 23.7 Å². The van der Waals surface area contributed by atoms with Crippen molar-refractivity contribution < 1.29 is 34.1 Å². The van der Waals surface area contributed by atoms with Gasteiger partial charge in [0.15, 0.2) is 5.69 Å². The summed E-state index contributed by atoms with van der Waals surface area (Å²) in [5, 5.41) is 22.5. The van der Waals surface area contributed by atoms with Crippen LogP contribution in [-0.2, 0) is 25.7 Å². The number of carbonyl (C=O) groups excluding carboxylic acids is 2. The van der Waals surface area contributed by atoms with Gasteiger partial charge in [0.05, 0.1) is 17.3 Å². The number of fused-ring (bicyclic) bond motifs is 7. The van der Waals surface area contributed by atoms with Crippen LogP contribution in [0.2, 0.25) is 0 Å². The standard InChI is InChI=1S/C43H62N2O7/c1-25(2)27-14-19-43(36(49)45-24-26-11-10-22-44-34(26)35(47)48)21-20-41(8)28(33(27)43)12-13-30-40(7)17-16-31(52-32(46)23-38(3,4)37(50)51)39(5,6)29(40)15-18-42(30,41)9/h10-11,22,27-31,33H,1,12-21,23-24H2,2-9H3,(H,45,49)(H,47,48)(H,50,51)/t27-,28?,29?,30?,31?,33?,40-,41+,42+,43-/m0/s1. The summed E-state index contributed by atoms with van der Waals surface area (Å²) in [6, 6.07) is 3.44. The summed E-state index contributed by atoms with van der Waals surface area (Å²) in [5.41, 5.74) is -0.107. The molecule has 6 rings (SSSR count). The molecular formula is C43H62N2O7. The number of carboxylic acids is 2. The first-order chi connectivity index (χ1) is 24.2. The lowest BCUT2D eigenvalue weighted by Crippen LogP contribution is -2.67. The second kappa shape index (κ2) is 13.0. The molecule has 5 fully saturated rings. The number of rotatable bonds is 9. The second-order valence-electron chi connectivity index (χ2n) is 19.5. The lowest BCUT2D eigenvalue weighted by Gasteiger charge is -2.72. The molecule has 0 radical (unpaired) electrons. The average Bonchev–Trinajstić information content (AvgIpc) is 3.46. The third-order valence-electron chi connectivity index (χ3n) is 16.4. The average molecular weight is 719 g/mol. The molecule has 10 atom stereocenters. The Hall–Kier alpha value is -3.23. The molecule has 3 N–H and O–H groups in total. The Morgan fingerprint density at radius 1 is 0.923 bits per heavy atom. The van der Waals surface area contributed by atoms with Crippen LogP contribution in [0.4, 0.5) is 0 Å². The summed E-state index contributed by atoms with van der Waals surface area (Å²) in [6.07, 6.45) is 10.7. The van der Waals surface area contributed by atoms with Crippen LogP contribution in [0.1, 0.15) is 142 Å². The number of aromatic carboxylic acids is 1. The zero-order valence-corrected chi connectivity index (χ0v) is 32.8. The van der Waals surface area contributed by atoms with E-state index in [-0.39, 0.29) is 64.2 Å². The Labute approximate surface area is 310 Å². The quantitative estimate of drug-likeness (QED) is 0.171. The first-order valence-electron chi connectivity index (χ1n) is 19.7. The van der Waals surface area contributed by atoms with Crippen molar-refractivity contribution in [2.24, 2.45) is 62.1 Å². The van der Waals surface area contributed by atoms with Crippen molar-refractivity contribution in [3.05, 3.63) is 41.7 Å². The maximum atomic E-state index is 14.5. The van der Waals surface area contributed by atoms with Crippen molar-refractivity contribution in [1.82, 2.24) is 10.3 Å². The molecule has 0 saturated heterocycles. The van der Waals surface area contributed by atoms with Gasteiger partial charge in [0.1, 0.15) is 6.10 Å². The van der Waals surface area contributed by atoms with Gasteiger partial charge >= 0.3 is 17.9 Å². The molecule has 5 aliphatic carbocycles. The fourth-order valence-corrected chi connectivity index (χ4v) is 13.5. The SMILES string of the molecule is C=C(C)[C@@H]1CC[C@]2(C(=O)NCc3cccnc3C(=O)O)CC[C@]3(C)C(CCC4[C@@]5(C)CCC(OC(=O)CC(C)(C)C(=O)O)C(C)(C)C5CC[C@]43C)C12. The lowest BCUT2D eigenvalue weighted by atomic mass is 9.32. The van der Waals surface area contributed by atoms with E-state index in [2.05, 4.69) is 58.4 Å². The fraction of sp³-hybridized carbons (Fsp3) is 0.744. The Morgan fingerprint density at radius 2 is 1.63 bits per heavy atom. The third kappa shape index (κ3) is 5.73. The number of carboxylic acid groups (broad SMARTS) is 2. The smallest absolute Gasteiger partial charge is 0.354 e. The van der Waals surface area contributed by atoms with Crippen LogP contribution >= 0.6 is 0 Å². The van der Waals surface area contributed by atoms with Crippen LogP contribution in [0, 0.1) is 62.1 Å². The molecule has 52 heavy (non-hydrogen) atoms. The molecule has 286 valence electrons. The predicted molar refractivity (Wildman–Crippen MR) is 198 cm³/mol. The van der Waals surface area contributed by atoms with E-state index < -0.39 is 28.7 Å². The number of allylic oxidation sites excluding steroid dienone is 1. The molecule has 5 aliphatic rings. The molecule has 1 heterocycles. The van der Waals surface area contributed by atoms with E-state index in [1.807, 2.05) is 0 Å². The summed E-state index contributed by atoms with van der Waals surface area (Å²) in [5.74, 6) is -0.792. The van der Waals surface area contributed by atoms with Gasteiger partial charge in [-0.1, -0.05) is 52.8 Å². The number of esters is 1. The van der Waals surface area contributed by atoms with Gasteiger partial charge in [-0.15, -0.1) is 0 Å². The number of hydrogen-bond donors (Lipinski definition) is 3. The molecule has 5 unspecified atom stereocenters. The predicted octanol–water partition coefficient (Wildman–Crippen LogP) is 8.47. The molecule has 1 aromatic heterocycles. The highest BCUT2D eigenvalue weighted by atomic mass is 16.5. The van der Waals surface area contributed by atoms with Crippen molar-refractivity contribution in [2.75, 3.05) is 0 Å². The van der Waals surface area contributed by atoms with Gasteiger partial charge in [-0.2, -0.15) is 0 Å². The minimum Gasteiger partial charge on any atom is -0.481 e. The van der Waals surface area contributed by atoms with Crippen molar-refractivity contribution in [1.29, 1.82) is 0 Å². The van der Waals surface area contributed by atoms with E-state index in [9.17, 15) is 29.4 Å². The number of hydrogen-bond acceptors (Lipinski definition) is 6. The maximum absolute atomic E-state index is 14.5. The zero-order valence-electron chi connectivity index (χ0n) is 32.8. The van der Waals surface area contributed by atoms with Gasteiger partial charge in [0.25, 0.3) is 0 Å². The number of aromatic nitrogens is 1. The molecule has 1 aromatic rings. The monoisotopic (exact) mass is 718 g/mol. The topological polar surface area (TPSA) is 143 Å². The molecule has 0 aliphatic heterocycles. The Balaban J connectivity index is 1.25. The number of carbonyl (C=O) groups is 4. The van der Waals surface area contributed by atoms with Crippen LogP contribution in [-0.4, -0.2) is 45.1 Å². The van der Waals surface area contributed by atoms with Gasteiger partial charge in [-0.25, -0.2) is 9.78 Å². The van der Waals surface area contributed by atoms with Crippen molar-refractivity contribution in [3.8, 4) is 0 Å². The van der Waals surface area contributed by atoms with E-state index in [1.165, 1.54) is 6.20 Å². The minimum atomic E-state index is -1.17. The maximum Gasteiger partial charge on any atom is 0.354 e. The van der Waals surface area contributed by atoms with E-state index >= 15 is 0 Å². The summed E-state index contributed by atoms with van der Waals surface area (Å²) in [7, 11) is 0. The molecule has 9 nitrogen and oxygen atoms in total. The Kier molecular flexibility index (Phi) is 9.60. The van der Waals surface area contributed by atoms with Gasteiger partial charge in [-0.05, 0) is 137 Å². The number of nitrogens with one attached hydrogen (secondary N) is 1. The normalized spacial score (nSPS) is 39.2. The molecular weight excluding hydrogens is 656 g/mol. The van der Waals surface area contributed by atoms with E-state index in [1.54, 1.807) is 26.0 Å². The first kappa shape index (κ1) is 38.5. The van der Waals surface area contributed by atoms with Crippen LogP contribution in [0.5, 0.6) is 0 Å². The number of aliphatic carboxylic acids is 1. The van der Waals surface area contributed by atoms with Crippen molar-refractivity contribution in [2.45, 2.75) is 139 Å². The largest absolute Gasteiger partial charge is 0.481 e. The van der Waals surface area contributed by atoms with Crippen molar-refractivity contribution >= 4 is 23.8 Å². The number of ether oxygens (including phenoxy) is 1. The highest BCUT2D eigenvalue weighted by molar-refractivity contribution is 5.88. The highest BCUT2D eigenvalue weighted by Gasteiger charge is 2.72. The summed E-state index contributed by atoms with van der Waals surface area (Å²) in [6.45, 7) is 22.0. The number of amides is 1. The third-order valence-corrected chi connectivity index (χ3v) is 16.4. The van der Waals surface area contributed by atoms with Crippen LogP contribution in [0.3, 0.4) is 0 Å². The molecule has 0 bridgehead atoms. The van der Waals surface area contributed by atoms with Gasteiger partial charge in [-0.3, -0.25) is 14.4 Å². The molecule has 9 heteroatoms. The van der Waals surface area contributed by atoms with Crippen LogP contribution < -0.4 is 5.32 Å². The van der Waals surface area contributed by atoms with Crippen LogP contribution in [0.25, 0.3) is 0 Å². The fourth-order valence-electron chi connectivity index (χ4n) is 13.5. The Bertz CT molecular complexity index is 1650. The van der Waals surface area contributed by atoms with Gasteiger partial charge < -0.3 is 20.3 Å². The van der Waals surface area contributed by atoms with Crippen molar-refractivity contribution in [3.63, 3.8) is 0 Å². The number of pyridine rings is 1. The molecule has 0 aromatic carbocycles.